The molecule has 0 aliphatic carbocycles. The van der Waals surface area contributed by atoms with Crippen LogP contribution in [0.15, 0.2) is 18.2 Å². The first-order chi connectivity index (χ1) is 8.15. The van der Waals surface area contributed by atoms with E-state index in [1.807, 2.05) is 0 Å². The average molecular weight is 233 g/mol. The van der Waals surface area contributed by atoms with Crippen LogP contribution in [-0.4, -0.2) is 29.6 Å². The Hall–Kier alpha value is -1.35. The van der Waals surface area contributed by atoms with Crippen LogP contribution >= 0.6 is 0 Å². The summed E-state index contributed by atoms with van der Waals surface area (Å²) < 4.78 is 0. The van der Waals surface area contributed by atoms with Gasteiger partial charge >= 0.3 is 5.97 Å². The van der Waals surface area contributed by atoms with Gasteiger partial charge < -0.3 is 10.0 Å². The zero-order valence-electron chi connectivity index (χ0n) is 10.3. The van der Waals surface area contributed by atoms with Crippen molar-refractivity contribution in [1.82, 2.24) is 4.90 Å². The lowest BCUT2D eigenvalue weighted by molar-refractivity contribution is -0.136. The lowest BCUT2D eigenvalue weighted by Gasteiger charge is -2.14. The van der Waals surface area contributed by atoms with Gasteiger partial charge in [0.25, 0.3) is 0 Å². The van der Waals surface area contributed by atoms with Crippen LogP contribution in [0.2, 0.25) is 0 Å². The van der Waals surface area contributed by atoms with Gasteiger partial charge in [-0.15, -0.1) is 0 Å². The molecule has 1 aliphatic heterocycles. The normalized spacial score (nSPS) is 16.3. The quantitative estimate of drug-likeness (QED) is 0.869. The SMILES string of the molecule is CN1CCCc2ccc(CCC(=O)O)cc2C1. The van der Waals surface area contributed by atoms with Crippen molar-refractivity contribution in [1.29, 1.82) is 0 Å². The topological polar surface area (TPSA) is 40.5 Å². The molecule has 17 heavy (non-hydrogen) atoms. The maximum absolute atomic E-state index is 10.6. The van der Waals surface area contributed by atoms with Crippen molar-refractivity contribution in [3.8, 4) is 0 Å². The summed E-state index contributed by atoms with van der Waals surface area (Å²) in [6, 6.07) is 6.43. The molecule has 0 radical (unpaired) electrons. The second-order valence-electron chi connectivity index (χ2n) is 4.84. The highest BCUT2D eigenvalue weighted by molar-refractivity contribution is 5.67. The van der Waals surface area contributed by atoms with Crippen LogP contribution in [0.5, 0.6) is 0 Å². The monoisotopic (exact) mass is 233 g/mol. The molecule has 1 aromatic rings. The molecule has 3 nitrogen and oxygen atoms in total. The average Bonchev–Trinajstić information content (AvgIpc) is 2.46. The summed E-state index contributed by atoms with van der Waals surface area (Å²) in [6.07, 6.45) is 3.19. The van der Waals surface area contributed by atoms with Gasteiger partial charge in [0.05, 0.1) is 0 Å². The van der Waals surface area contributed by atoms with Gasteiger partial charge in [0.1, 0.15) is 0 Å². The molecule has 0 atom stereocenters. The van der Waals surface area contributed by atoms with E-state index < -0.39 is 5.97 Å². The highest BCUT2D eigenvalue weighted by Gasteiger charge is 2.11. The maximum Gasteiger partial charge on any atom is 0.303 e. The van der Waals surface area contributed by atoms with E-state index >= 15 is 0 Å². The number of hydrogen-bond donors (Lipinski definition) is 1. The largest absolute Gasteiger partial charge is 0.481 e. The number of carboxylic acid groups (broad SMARTS) is 1. The van der Waals surface area contributed by atoms with Crippen LogP contribution in [0.1, 0.15) is 29.5 Å². The third-order valence-corrected chi connectivity index (χ3v) is 3.32. The predicted molar refractivity (Wildman–Crippen MR) is 67.1 cm³/mol. The Bertz CT molecular complexity index is 415. The molecule has 0 saturated heterocycles. The van der Waals surface area contributed by atoms with Crippen LogP contribution in [0.25, 0.3) is 0 Å². The van der Waals surface area contributed by atoms with Gasteiger partial charge in [-0.2, -0.15) is 0 Å². The molecular formula is C14H19NO2. The summed E-state index contributed by atoms with van der Waals surface area (Å²) in [4.78, 5) is 12.9. The van der Waals surface area contributed by atoms with Crippen LogP contribution in [0.4, 0.5) is 0 Å². The zero-order chi connectivity index (χ0) is 12.3. The van der Waals surface area contributed by atoms with E-state index in [0.29, 0.717) is 6.42 Å². The molecule has 0 amide bonds. The second kappa shape index (κ2) is 5.32. The van der Waals surface area contributed by atoms with Crippen molar-refractivity contribution in [2.45, 2.75) is 32.2 Å². The van der Waals surface area contributed by atoms with E-state index in [-0.39, 0.29) is 6.42 Å². The van der Waals surface area contributed by atoms with Gasteiger partial charge in [0, 0.05) is 13.0 Å². The van der Waals surface area contributed by atoms with Gasteiger partial charge in [-0.25, -0.2) is 0 Å². The molecule has 0 unspecified atom stereocenters. The summed E-state index contributed by atoms with van der Waals surface area (Å²) in [5.74, 6) is -0.725. The third kappa shape index (κ3) is 3.30. The number of carbonyl (C=O) groups is 1. The number of fused-ring (bicyclic) bond motifs is 1. The fourth-order valence-electron chi connectivity index (χ4n) is 2.39. The van der Waals surface area contributed by atoms with Crippen molar-refractivity contribution in [3.05, 3.63) is 34.9 Å². The minimum Gasteiger partial charge on any atom is -0.481 e. The van der Waals surface area contributed by atoms with E-state index in [1.165, 1.54) is 17.5 Å². The number of benzene rings is 1. The van der Waals surface area contributed by atoms with Crippen molar-refractivity contribution in [2.24, 2.45) is 0 Å². The van der Waals surface area contributed by atoms with Crippen molar-refractivity contribution < 1.29 is 9.90 Å². The van der Waals surface area contributed by atoms with Crippen molar-refractivity contribution in [3.63, 3.8) is 0 Å². The summed E-state index contributed by atoms with van der Waals surface area (Å²) in [6.45, 7) is 2.12. The van der Waals surface area contributed by atoms with E-state index in [0.717, 1.165) is 25.1 Å². The van der Waals surface area contributed by atoms with Gasteiger partial charge in [0.15, 0.2) is 0 Å². The van der Waals surface area contributed by atoms with Gasteiger partial charge in [-0.1, -0.05) is 18.2 Å². The van der Waals surface area contributed by atoms with Gasteiger partial charge in [-0.3, -0.25) is 4.79 Å². The molecule has 0 fully saturated rings. The Labute approximate surface area is 102 Å². The molecule has 92 valence electrons. The number of hydrogen-bond acceptors (Lipinski definition) is 2. The third-order valence-electron chi connectivity index (χ3n) is 3.32. The fraction of sp³-hybridized carbons (Fsp3) is 0.500. The van der Waals surface area contributed by atoms with Crippen LogP contribution in [-0.2, 0) is 24.2 Å². The standard InChI is InChI=1S/C14H19NO2/c1-15-8-2-3-12-6-4-11(5-7-14(16)17)9-13(12)10-15/h4,6,9H,2-3,5,7-8,10H2,1H3,(H,16,17). The number of nitrogens with zero attached hydrogens (tertiary/aromatic N) is 1. The lowest BCUT2D eigenvalue weighted by Crippen LogP contribution is -2.17. The van der Waals surface area contributed by atoms with E-state index in [1.54, 1.807) is 0 Å². The fourth-order valence-corrected chi connectivity index (χ4v) is 2.39. The molecule has 1 aliphatic rings. The second-order valence-corrected chi connectivity index (χ2v) is 4.84. The molecule has 1 heterocycles. The number of aliphatic carboxylic acids is 1. The highest BCUT2D eigenvalue weighted by atomic mass is 16.4. The summed E-state index contributed by atoms with van der Waals surface area (Å²) in [7, 11) is 2.14. The molecule has 0 aromatic heterocycles. The molecule has 3 heteroatoms. The van der Waals surface area contributed by atoms with E-state index in [2.05, 4.69) is 30.1 Å². The molecule has 0 saturated carbocycles. The maximum atomic E-state index is 10.6. The summed E-state index contributed by atoms with van der Waals surface area (Å²) >= 11 is 0. The Morgan fingerprint density at radius 2 is 2.24 bits per heavy atom. The van der Waals surface area contributed by atoms with Crippen molar-refractivity contribution >= 4 is 5.97 Å². The van der Waals surface area contributed by atoms with Gasteiger partial charge in [-0.05, 0) is 49.5 Å². The Kier molecular flexibility index (Phi) is 3.79. The summed E-state index contributed by atoms with van der Waals surface area (Å²) in [5, 5.41) is 8.69. The first kappa shape index (κ1) is 12.1. The van der Waals surface area contributed by atoms with Gasteiger partial charge in [0.2, 0.25) is 0 Å². The minimum absolute atomic E-state index is 0.217. The first-order valence-electron chi connectivity index (χ1n) is 6.16. The lowest BCUT2D eigenvalue weighted by atomic mass is 9.99. The van der Waals surface area contributed by atoms with Crippen LogP contribution in [0, 0.1) is 0 Å². The van der Waals surface area contributed by atoms with E-state index in [4.69, 9.17) is 5.11 Å². The van der Waals surface area contributed by atoms with Crippen LogP contribution < -0.4 is 0 Å². The molecule has 1 N–H and O–H groups in total. The smallest absolute Gasteiger partial charge is 0.303 e. The predicted octanol–water partition coefficient (Wildman–Crippen LogP) is 2.08. The molecular weight excluding hydrogens is 214 g/mol. The number of aryl methyl sites for hydroxylation is 2. The van der Waals surface area contributed by atoms with Crippen molar-refractivity contribution in [2.75, 3.05) is 13.6 Å². The van der Waals surface area contributed by atoms with E-state index in [9.17, 15) is 4.79 Å². The summed E-state index contributed by atoms with van der Waals surface area (Å²) in [5.41, 5.74) is 3.93. The number of carboxylic acids is 1. The Balaban J connectivity index is 2.14. The van der Waals surface area contributed by atoms with Crippen LogP contribution in [0.3, 0.4) is 0 Å². The molecule has 2 rings (SSSR count). The number of rotatable bonds is 3. The first-order valence-corrected chi connectivity index (χ1v) is 6.16. The molecule has 1 aromatic carbocycles. The minimum atomic E-state index is -0.725. The molecule has 0 bridgehead atoms. The molecule has 0 spiro atoms. The Morgan fingerprint density at radius 1 is 1.41 bits per heavy atom. The zero-order valence-corrected chi connectivity index (χ0v) is 10.3. The highest BCUT2D eigenvalue weighted by Crippen LogP contribution is 2.20. The Morgan fingerprint density at radius 3 is 3.00 bits per heavy atom.